The van der Waals surface area contributed by atoms with E-state index in [9.17, 15) is 4.79 Å². The average molecular weight is 232 g/mol. The van der Waals surface area contributed by atoms with Gasteiger partial charge in [0.05, 0.1) is 13.5 Å². The molecule has 3 nitrogen and oxygen atoms in total. The molecule has 0 spiro atoms. The highest BCUT2D eigenvalue weighted by Crippen LogP contribution is 2.46. The lowest BCUT2D eigenvalue weighted by atomic mass is 9.87. The maximum Gasteiger partial charge on any atom is 0.306 e. The van der Waals surface area contributed by atoms with Crippen molar-refractivity contribution >= 4 is 5.97 Å². The van der Waals surface area contributed by atoms with Crippen molar-refractivity contribution in [1.29, 1.82) is 0 Å². The number of rotatable bonds is 2. The maximum absolute atomic E-state index is 11.3. The van der Waals surface area contributed by atoms with E-state index in [2.05, 4.69) is 12.1 Å². The van der Waals surface area contributed by atoms with E-state index in [1.807, 2.05) is 12.1 Å². The summed E-state index contributed by atoms with van der Waals surface area (Å²) in [4.78, 5) is 11.3. The number of benzene rings is 1. The van der Waals surface area contributed by atoms with Crippen molar-refractivity contribution in [3.05, 3.63) is 29.8 Å². The third-order valence-corrected chi connectivity index (χ3v) is 3.99. The van der Waals surface area contributed by atoms with E-state index >= 15 is 0 Å². The highest BCUT2D eigenvalue weighted by molar-refractivity contribution is 5.72. The normalized spacial score (nSPS) is 31.1. The molecule has 1 aliphatic heterocycles. The molecule has 1 aromatic rings. The molecule has 17 heavy (non-hydrogen) atoms. The summed E-state index contributed by atoms with van der Waals surface area (Å²) in [5.41, 5.74) is 1.30. The number of ether oxygens (including phenoxy) is 2. The van der Waals surface area contributed by atoms with E-state index in [1.54, 1.807) is 7.11 Å². The first-order valence-electron chi connectivity index (χ1n) is 6.11. The highest BCUT2D eigenvalue weighted by Gasteiger charge is 2.45. The summed E-state index contributed by atoms with van der Waals surface area (Å²) in [6.07, 6.45) is 2.87. The third-order valence-electron chi connectivity index (χ3n) is 3.99. The highest BCUT2D eigenvalue weighted by atomic mass is 16.6. The molecule has 3 unspecified atom stereocenters. The molecule has 3 heteroatoms. The van der Waals surface area contributed by atoms with Gasteiger partial charge in [-0.2, -0.15) is 0 Å². The van der Waals surface area contributed by atoms with E-state index in [1.165, 1.54) is 5.56 Å². The summed E-state index contributed by atoms with van der Waals surface area (Å²) < 4.78 is 10.5. The van der Waals surface area contributed by atoms with Gasteiger partial charge in [0.25, 0.3) is 0 Å². The zero-order chi connectivity index (χ0) is 11.8. The van der Waals surface area contributed by atoms with Crippen LogP contribution in [-0.2, 0) is 9.53 Å². The quantitative estimate of drug-likeness (QED) is 0.735. The third kappa shape index (κ3) is 1.79. The van der Waals surface area contributed by atoms with Gasteiger partial charge in [0.1, 0.15) is 11.9 Å². The fourth-order valence-electron chi connectivity index (χ4n) is 3.13. The second kappa shape index (κ2) is 4.06. The minimum atomic E-state index is -0.0294. The summed E-state index contributed by atoms with van der Waals surface area (Å²) in [6.45, 7) is 0. The van der Waals surface area contributed by atoms with Crippen LogP contribution in [0.25, 0.3) is 0 Å². The molecular weight excluding hydrogens is 216 g/mol. The Morgan fingerprint density at radius 1 is 1.24 bits per heavy atom. The van der Waals surface area contributed by atoms with Gasteiger partial charge in [0, 0.05) is 5.92 Å². The van der Waals surface area contributed by atoms with Crippen LogP contribution in [0, 0.1) is 5.92 Å². The van der Waals surface area contributed by atoms with E-state index in [-0.39, 0.29) is 12.1 Å². The van der Waals surface area contributed by atoms with Crippen LogP contribution in [0.4, 0.5) is 0 Å². The summed E-state index contributed by atoms with van der Waals surface area (Å²) in [7, 11) is 1.67. The van der Waals surface area contributed by atoms with Gasteiger partial charge in [-0.3, -0.25) is 4.79 Å². The Bertz CT molecular complexity index is 424. The zero-order valence-corrected chi connectivity index (χ0v) is 9.89. The van der Waals surface area contributed by atoms with Crippen LogP contribution in [0.5, 0.6) is 5.75 Å². The first-order chi connectivity index (χ1) is 8.28. The Hall–Kier alpha value is -1.51. The van der Waals surface area contributed by atoms with Gasteiger partial charge in [0.2, 0.25) is 0 Å². The lowest BCUT2D eigenvalue weighted by Crippen LogP contribution is -2.12. The summed E-state index contributed by atoms with van der Waals surface area (Å²) >= 11 is 0. The van der Waals surface area contributed by atoms with Crippen molar-refractivity contribution in [3.8, 4) is 5.75 Å². The molecule has 0 aromatic heterocycles. The summed E-state index contributed by atoms with van der Waals surface area (Å²) in [5.74, 6) is 1.70. The van der Waals surface area contributed by atoms with Crippen molar-refractivity contribution in [2.24, 2.45) is 5.92 Å². The Morgan fingerprint density at radius 3 is 2.71 bits per heavy atom. The van der Waals surface area contributed by atoms with E-state index < -0.39 is 0 Å². The zero-order valence-electron chi connectivity index (χ0n) is 9.89. The molecule has 0 amide bonds. The molecule has 0 bridgehead atoms. The Morgan fingerprint density at radius 2 is 2.00 bits per heavy atom. The van der Waals surface area contributed by atoms with Gasteiger partial charge in [-0.15, -0.1) is 0 Å². The molecule has 0 radical (unpaired) electrons. The first-order valence-corrected chi connectivity index (χ1v) is 6.11. The molecule has 1 saturated heterocycles. The van der Waals surface area contributed by atoms with Crippen molar-refractivity contribution < 1.29 is 14.3 Å². The fourth-order valence-corrected chi connectivity index (χ4v) is 3.13. The fraction of sp³-hybridized carbons (Fsp3) is 0.500. The predicted octanol–water partition coefficient (Wildman–Crippen LogP) is 2.50. The number of methoxy groups -OCH3 is 1. The van der Waals surface area contributed by atoms with Crippen LogP contribution in [-0.4, -0.2) is 19.2 Å². The van der Waals surface area contributed by atoms with Crippen LogP contribution in [0.3, 0.4) is 0 Å². The summed E-state index contributed by atoms with van der Waals surface area (Å²) in [5, 5.41) is 0. The molecule has 90 valence electrons. The number of carbonyl (C=O) groups excluding carboxylic acids is 1. The number of fused-ring (bicyclic) bond motifs is 1. The molecule has 2 fully saturated rings. The van der Waals surface area contributed by atoms with E-state index in [0.717, 1.165) is 18.6 Å². The topological polar surface area (TPSA) is 35.5 Å². The Labute approximate surface area is 101 Å². The monoisotopic (exact) mass is 232 g/mol. The SMILES string of the molecule is COc1ccc(C2CCC3OC(=O)CC32)cc1. The second-order valence-electron chi connectivity index (χ2n) is 4.85. The lowest BCUT2D eigenvalue weighted by Gasteiger charge is -2.16. The van der Waals surface area contributed by atoms with Gasteiger partial charge < -0.3 is 9.47 Å². The largest absolute Gasteiger partial charge is 0.497 e. The second-order valence-corrected chi connectivity index (χ2v) is 4.85. The van der Waals surface area contributed by atoms with Crippen LogP contribution in [0.2, 0.25) is 0 Å². The van der Waals surface area contributed by atoms with E-state index in [4.69, 9.17) is 9.47 Å². The molecule has 1 aromatic carbocycles. The first kappa shape index (κ1) is 10.6. The van der Waals surface area contributed by atoms with E-state index in [0.29, 0.717) is 18.3 Å². The molecule has 0 N–H and O–H groups in total. The van der Waals surface area contributed by atoms with Crippen LogP contribution in [0.15, 0.2) is 24.3 Å². The molecular formula is C14H16O3. The van der Waals surface area contributed by atoms with Gasteiger partial charge in [-0.25, -0.2) is 0 Å². The van der Waals surface area contributed by atoms with Crippen LogP contribution in [0.1, 0.15) is 30.7 Å². The van der Waals surface area contributed by atoms with Crippen molar-refractivity contribution in [2.75, 3.05) is 7.11 Å². The minimum absolute atomic E-state index is 0.0294. The van der Waals surface area contributed by atoms with Gasteiger partial charge in [-0.1, -0.05) is 12.1 Å². The van der Waals surface area contributed by atoms with Gasteiger partial charge >= 0.3 is 5.97 Å². The number of hydrogen-bond donors (Lipinski definition) is 0. The van der Waals surface area contributed by atoms with Crippen LogP contribution < -0.4 is 4.74 Å². The summed E-state index contributed by atoms with van der Waals surface area (Å²) in [6, 6.07) is 8.18. The molecule has 1 heterocycles. The number of hydrogen-bond acceptors (Lipinski definition) is 3. The van der Waals surface area contributed by atoms with Crippen molar-refractivity contribution in [1.82, 2.24) is 0 Å². The van der Waals surface area contributed by atoms with Crippen molar-refractivity contribution in [2.45, 2.75) is 31.3 Å². The standard InChI is InChI=1S/C14H16O3/c1-16-10-4-2-9(3-5-10)11-6-7-13-12(11)8-14(15)17-13/h2-5,11-13H,6-8H2,1H3. The molecule has 1 aliphatic carbocycles. The molecule has 1 saturated carbocycles. The number of carbonyl (C=O) groups is 1. The molecule has 3 rings (SSSR count). The van der Waals surface area contributed by atoms with Crippen molar-refractivity contribution in [3.63, 3.8) is 0 Å². The van der Waals surface area contributed by atoms with Crippen LogP contribution >= 0.6 is 0 Å². The molecule has 2 aliphatic rings. The van der Waals surface area contributed by atoms with Gasteiger partial charge in [-0.05, 0) is 36.5 Å². The molecule has 3 atom stereocenters. The Kier molecular flexibility index (Phi) is 2.54. The smallest absolute Gasteiger partial charge is 0.306 e. The Balaban J connectivity index is 1.82. The maximum atomic E-state index is 11.3. The number of esters is 1. The predicted molar refractivity (Wildman–Crippen MR) is 63.0 cm³/mol. The lowest BCUT2D eigenvalue weighted by molar-refractivity contribution is -0.141. The minimum Gasteiger partial charge on any atom is -0.497 e. The average Bonchev–Trinajstić information content (AvgIpc) is 2.88. The van der Waals surface area contributed by atoms with Gasteiger partial charge in [0.15, 0.2) is 0 Å².